The van der Waals surface area contributed by atoms with Gasteiger partial charge in [0, 0.05) is 18.6 Å². The number of imidazole rings is 2. The Morgan fingerprint density at radius 2 is 1.68 bits per heavy atom. The van der Waals surface area contributed by atoms with E-state index in [1.165, 1.54) is 0 Å². The Morgan fingerprint density at radius 3 is 2.53 bits per heavy atom. The molecular weight excluding hydrogens is 240 g/mol. The van der Waals surface area contributed by atoms with Crippen LogP contribution in [0.3, 0.4) is 0 Å². The van der Waals surface area contributed by atoms with E-state index in [0.717, 1.165) is 5.65 Å². The van der Waals surface area contributed by atoms with E-state index >= 15 is 0 Å². The van der Waals surface area contributed by atoms with Crippen molar-refractivity contribution in [1.82, 2.24) is 18.8 Å². The Balaban J connectivity index is 2.06. The van der Waals surface area contributed by atoms with Crippen molar-refractivity contribution in [2.45, 2.75) is 0 Å². The zero-order chi connectivity index (χ0) is 12.8. The maximum Gasteiger partial charge on any atom is 0.240 e. The topological polar surface area (TPSA) is 54.8 Å². The zero-order valence-corrected chi connectivity index (χ0v) is 9.93. The summed E-state index contributed by atoms with van der Waals surface area (Å²) in [6.07, 6.45) is 5.67. The zero-order valence-electron chi connectivity index (χ0n) is 9.93. The van der Waals surface area contributed by atoms with Crippen LogP contribution in [0.5, 0.6) is 5.88 Å². The van der Waals surface area contributed by atoms with E-state index in [4.69, 9.17) is 0 Å². The molecular formula is C14H10N4O. The third-order valence-electron chi connectivity index (χ3n) is 3.12. The normalized spacial score (nSPS) is 11.4. The van der Waals surface area contributed by atoms with Crippen molar-refractivity contribution in [3.63, 3.8) is 0 Å². The number of nitrogens with zero attached hydrogens (tertiary/aromatic N) is 4. The van der Waals surface area contributed by atoms with Gasteiger partial charge in [-0.3, -0.25) is 4.40 Å². The van der Waals surface area contributed by atoms with Crippen LogP contribution >= 0.6 is 0 Å². The van der Waals surface area contributed by atoms with E-state index < -0.39 is 0 Å². The average molecular weight is 250 g/mol. The summed E-state index contributed by atoms with van der Waals surface area (Å²) in [5.41, 5.74) is 2.84. The molecule has 0 bridgehead atoms. The Bertz CT molecular complexity index is 858. The maximum absolute atomic E-state index is 10.0. The van der Waals surface area contributed by atoms with E-state index in [0.29, 0.717) is 17.0 Å². The van der Waals surface area contributed by atoms with E-state index in [9.17, 15) is 5.11 Å². The minimum Gasteiger partial charge on any atom is -0.492 e. The molecule has 0 aliphatic rings. The largest absolute Gasteiger partial charge is 0.492 e. The highest BCUT2D eigenvalue weighted by Crippen LogP contribution is 2.29. The molecule has 19 heavy (non-hydrogen) atoms. The van der Waals surface area contributed by atoms with Crippen molar-refractivity contribution in [3.05, 3.63) is 55.0 Å². The predicted molar refractivity (Wildman–Crippen MR) is 71.0 cm³/mol. The lowest BCUT2D eigenvalue weighted by atomic mass is 10.3. The van der Waals surface area contributed by atoms with Crippen LogP contribution in [0.1, 0.15) is 0 Å². The molecule has 0 aliphatic carbocycles. The molecule has 0 spiro atoms. The van der Waals surface area contributed by atoms with Crippen LogP contribution in [0.25, 0.3) is 22.7 Å². The maximum atomic E-state index is 10.0. The van der Waals surface area contributed by atoms with Gasteiger partial charge in [0.1, 0.15) is 22.7 Å². The number of hydrogen-bond donors (Lipinski definition) is 1. The van der Waals surface area contributed by atoms with E-state index in [2.05, 4.69) is 9.97 Å². The van der Waals surface area contributed by atoms with Crippen molar-refractivity contribution in [2.75, 3.05) is 0 Å². The van der Waals surface area contributed by atoms with Crippen molar-refractivity contribution in [1.29, 1.82) is 0 Å². The van der Waals surface area contributed by atoms with Gasteiger partial charge in [0.05, 0.1) is 0 Å². The molecule has 0 fully saturated rings. The second-order valence-corrected chi connectivity index (χ2v) is 4.31. The van der Waals surface area contributed by atoms with E-state index in [-0.39, 0.29) is 5.88 Å². The lowest BCUT2D eigenvalue weighted by Crippen LogP contribution is -1.87. The summed E-state index contributed by atoms with van der Waals surface area (Å²) < 4.78 is 3.74. The lowest BCUT2D eigenvalue weighted by molar-refractivity contribution is 0.459. The van der Waals surface area contributed by atoms with Crippen LogP contribution in [-0.4, -0.2) is 23.9 Å². The smallest absolute Gasteiger partial charge is 0.240 e. The Morgan fingerprint density at radius 1 is 0.895 bits per heavy atom. The second kappa shape index (κ2) is 3.58. The summed E-state index contributed by atoms with van der Waals surface area (Å²) in [6, 6.07) is 11.4. The van der Waals surface area contributed by atoms with Gasteiger partial charge in [-0.25, -0.2) is 4.98 Å². The Hall–Kier alpha value is -2.82. The molecule has 0 saturated heterocycles. The molecule has 5 heteroatoms. The molecule has 4 heterocycles. The molecule has 4 aromatic heterocycles. The summed E-state index contributed by atoms with van der Waals surface area (Å²) in [5, 5.41) is 10.0. The predicted octanol–water partition coefficient (Wildman–Crippen LogP) is 2.35. The molecule has 0 saturated carbocycles. The van der Waals surface area contributed by atoms with Gasteiger partial charge in [-0.15, -0.1) is 0 Å². The molecule has 0 aromatic carbocycles. The third kappa shape index (κ3) is 1.41. The van der Waals surface area contributed by atoms with Crippen LogP contribution in [0, 0.1) is 0 Å². The molecule has 1 N–H and O–H groups in total. The molecule has 0 amide bonds. The van der Waals surface area contributed by atoms with Gasteiger partial charge >= 0.3 is 0 Å². The number of hydrogen-bond acceptors (Lipinski definition) is 3. The van der Waals surface area contributed by atoms with Crippen molar-refractivity contribution < 1.29 is 5.11 Å². The fourth-order valence-electron chi connectivity index (χ4n) is 2.27. The van der Waals surface area contributed by atoms with Crippen LogP contribution in [0.2, 0.25) is 0 Å². The molecule has 0 radical (unpaired) electrons. The molecule has 0 atom stereocenters. The van der Waals surface area contributed by atoms with Crippen LogP contribution in [0.15, 0.2) is 55.0 Å². The van der Waals surface area contributed by atoms with Crippen molar-refractivity contribution in [2.24, 2.45) is 0 Å². The van der Waals surface area contributed by atoms with E-state index in [1.54, 1.807) is 0 Å². The summed E-state index contributed by atoms with van der Waals surface area (Å²) in [4.78, 5) is 8.64. The first-order chi connectivity index (χ1) is 9.33. The van der Waals surface area contributed by atoms with Gasteiger partial charge in [-0.1, -0.05) is 12.1 Å². The quantitative estimate of drug-likeness (QED) is 0.564. The monoisotopic (exact) mass is 250 g/mol. The van der Waals surface area contributed by atoms with Crippen LogP contribution in [0.4, 0.5) is 0 Å². The summed E-state index contributed by atoms with van der Waals surface area (Å²) in [5.74, 6) is -0.00499. The number of pyridine rings is 2. The van der Waals surface area contributed by atoms with Gasteiger partial charge < -0.3 is 9.51 Å². The number of aromatic nitrogens is 4. The van der Waals surface area contributed by atoms with Gasteiger partial charge in [0.25, 0.3) is 0 Å². The first-order valence-electron chi connectivity index (χ1n) is 5.93. The van der Waals surface area contributed by atoms with Crippen molar-refractivity contribution in [3.8, 4) is 17.3 Å². The highest BCUT2D eigenvalue weighted by atomic mass is 16.3. The van der Waals surface area contributed by atoms with Gasteiger partial charge in [-0.05, 0) is 24.3 Å². The molecule has 92 valence electrons. The fourth-order valence-corrected chi connectivity index (χ4v) is 2.27. The first kappa shape index (κ1) is 10.1. The molecule has 0 unspecified atom stereocenters. The molecule has 4 aromatic rings. The molecule has 0 aliphatic heterocycles. The fraction of sp³-hybridized carbons (Fsp3) is 0. The molecule has 4 rings (SSSR count). The highest BCUT2D eigenvalue weighted by molar-refractivity contribution is 5.68. The Kier molecular flexibility index (Phi) is 1.91. The summed E-state index contributed by atoms with van der Waals surface area (Å²) >= 11 is 0. The van der Waals surface area contributed by atoms with Crippen LogP contribution in [-0.2, 0) is 0 Å². The molecule has 5 nitrogen and oxygen atoms in total. The summed E-state index contributed by atoms with van der Waals surface area (Å²) in [6.45, 7) is 0. The number of fused-ring (bicyclic) bond motifs is 2. The number of aromatic hydroxyl groups is 1. The average Bonchev–Trinajstić information content (AvgIpc) is 2.97. The van der Waals surface area contributed by atoms with Crippen molar-refractivity contribution >= 4 is 11.3 Å². The SMILES string of the molecule is Oc1nc2ccccn2c1-c1cn2ccccc2n1. The van der Waals surface area contributed by atoms with Crippen LogP contribution < -0.4 is 0 Å². The van der Waals surface area contributed by atoms with Gasteiger partial charge in [0.2, 0.25) is 5.88 Å². The minimum absolute atomic E-state index is 0.00499. The third-order valence-corrected chi connectivity index (χ3v) is 3.12. The number of rotatable bonds is 1. The van der Waals surface area contributed by atoms with Gasteiger partial charge in [-0.2, -0.15) is 4.98 Å². The first-order valence-corrected chi connectivity index (χ1v) is 5.93. The van der Waals surface area contributed by atoms with Gasteiger partial charge in [0.15, 0.2) is 0 Å². The van der Waals surface area contributed by atoms with E-state index in [1.807, 2.05) is 63.8 Å². The lowest BCUT2D eigenvalue weighted by Gasteiger charge is -1.96. The summed E-state index contributed by atoms with van der Waals surface area (Å²) in [7, 11) is 0. The Labute approximate surface area is 108 Å². The standard InChI is InChI=1S/C14H10N4O/c19-14-13(18-8-4-2-6-12(18)16-14)10-9-17-7-3-1-5-11(17)15-10/h1-9,19H. The second-order valence-electron chi connectivity index (χ2n) is 4.31. The minimum atomic E-state index is -0.00499. The highest BCUT2D eigenvalue weighted by Gasteiger charge is 2.15.